The van der Waals surface area contributed by atoms with Crippen molar-refractivity contribution in [3.05, 3.63) is 35.9 Å². The number of Topliss-reactive ketones (excluding diaryl/α,β-unsaturated/α-hetero) is 1. The van der Waals surface area contributed by atoms with Crippen LogP contribution in [-0.4, -0.2) is 29.0 Å². The number of aliphatic carboxylic acids is 1. The van der Waals surface area contributed by atoms with Gasteiger partial charge in [0, 0.05) is 0 Å². The van der Waals surface area contributed by atoms with Crippen LogP contribution in [0.15, 0.2) is 30.3 Å². The Labute approximate surface area is 123 Å². The molecule has 0 aliphatic heterocycles. The number of carboxylic acid groups (broad SMARTS) is 1. The van der Waals surface area contributed by atoms with Crippen molar-refractivity contribution in [1.82, 2.24) is 5.32 Å². The van der Waals surface area contributed by atoms with Gasteiger partial charge in [-0.25, -0.2) is 4.79 Å². The van der Waals surface area contributed by atoms with Gasteiger partial charge in [0.15, 0.2) is 5.78 Å². The maximum Gasteiger partial charge on any atom is 0.408 e. The molecular weight excluding hydrogens is 274 g/mol. The first kappa shape index (κ1) is 16.7. The molecule has 0 radical (unpaired) electrons. The number of rotatable bonds is 7. The average Bonchev–Trinajstić information content (AvgIpc) is 2.46. The van der Waals surface area contributed by atoms with E-state index in [0.29, 0.717) is 0 Å². The van der Waals surface area contributed by atoms with E-state index in [2.05, 4.69) is 5.32 Å². The Morgan fingerprint density at radius 2 is 1.86 bits per heavy atom. The first-order chi connectivity index (χ1) is 9.95. The second-order valence-electron chi connectivity index (χ2n) is 4.63. The molecule has 0 fully saturated rings. The summed E-state index contributed by atoms with van der Waals surface area (Å²) in [4.78, 5) is 34.4. The highest BCUT2D eigenvalue weighted by atomic mass is 16.5. The van der Waals surface area contributed by atoms with Gasteiger partial charge < -0.3 is 15.2 Å². The number of carboxylic acids is 1. The maximum absolute atomic E-state index is 11.9. The molecule has 21 heavy (non-hydrogen) atoms. The van der Waals surface area contributed by atoms with Crippen molar-refractivity contribution in [1.29, 1.82) is 0 Å². The molecule has 0 aromatic heterocycles. The highest BCUT2D eigenvalue weighted by Gasteiger charge is 2.29. The SMILES string of the molecule is CCC(C(=O)O)C(=O)C(C)NC(=O)OCc1ccccc1. The van der Waals surface area contributed by atoms with Crippen LogP contribution >= 0.6 is 0 Å². The van der Waals surface area contributed by atoms with Crippen LogP contribution in [0.4, 0.5) is 4.79 Å². The molecule has 1 rings (SSSR count). The summed E-state index contributed by atoms with van der Waals surface area (Å²) >= 11 is 0. The first-order valence-corrected chi connectivity index (χ1v) is 6.69. The van der Waals surface area contributed by atoms with Gasteiger partial charge in [-0.1, -0.05) is 37.3 Å². The van der Waals surface area contributed by atoms with E-state index in [9.17, 15) is 14.4 Å². The van der Waals surface area contributed by atoms with Crippen molar-refractivity contribution in [2.45, 2.75) is 32.9 Å². The topological polar surface area (TPSA) is 92.7 Å². The predicted molar refractivity (Wildman–Crippen MR) is 75.6 cm³/mol. The second-order valence-corrected chi connectivity index (χ2v) is 4.63. The largest absolute Gasteiger partial charge is 0.481 e. The van der Waals surface area contributed by atoms with E-state index in [1.807, 2.05) is 18.2 Å². The van der Waals surface area contributed by atoms with E-state index >= 15 is 0 Å². The van der Waals surface area contributed by atoms with Crippen molar-refractivity contribution in [3.63, 3.8) is 0 Å². The molecule has 0 spiro atoms. The van der Waals surface area contributed by atoms with E-state index < -0.39 is 29.8 Å². The molecule has 6 heteroatoms. The molecular formula is C15H19NO5. The number of ketones is 1. The van der Waals surface area contributed by atoms with Crippen molar-refractivity contribution in [2.24, 2.45) is 5.92 Å². The summed E-state index contributed by atoms with van der Waals surface area (Å²) in [5, 5.41) is 11.3. The van der Waals surface area contributed by atoms with E-state index in [4.69, 9.17) is 9.84 Å². The molecule has 1 aromatic rings. The number of hydrogen-bond acceptors (Lipinski definition) is 4. The molecule has 1 aromatic carbocycles. The minimum absolute atomic E-state index is 0.0870. The quantitative estimate of drug-likeness (QED) is 0.750. The third kappa shape index (κ3) is 5.25. The molecule has 0 aliphatic carbocycles. The Kier molecular flexibility index (Phi) is 6.39. The summed E-state index contributed by atoms with van der Waals surface area (Å²) in [6.45, 7) is 3.14. The van der Waals surface area contributed by atoms with Crippen molar-refractivity contribution < 1.29 is 24.2 Å². The molecule has 6 nitrogen and oxygen atoms in total. The Morgan fingerprint density at radius 3 is 2.38 bits per heavy atom. The fraction of sp³-hybridized carbons (Fsp3) is 0.400. The van der Waals surface area contributed by atoms with Crippen LogP contribution < -0.4 is 5.32 Å². The molecule has 2 atom stereocenters. The highest BCUT2D eigenvalue weighted by molar-refractivity contribution is 6.01. The van der Waals surface area contributed by atoms with Gasteiger partial charge in [0.25, 0.3) is 0 Å². The molecule has 0 saturated carbocycles. The Bertz CT molecular complexity index is 500. The third-order valence-electron chi connectivity index (χ3n) is 3.02. The van der Waals surface area contributed by atoms with E-state index in [1.54, 1.807) is 19.1 Å². The first-order valence-electron chi connectivity index (χ1n) is 6.69. The number of alkyl carbamates (subject to hydrolysis) is 1. The lowest BCUT2D eigenvalue weighted by Crippen LogP contribution is -2.43. The monoisotopic (exact) mass is 293 g/mol. The Balaban J connectivity index is 2.46. The molecule has 0 bridgehead atoms. The van der Waals surface area contributed by atoms with Crippen LogP contribution in [0.3, 0.4) is 0 Å². The summed E-state index contributed by atoms with van der Waals surface area (Å²) in [6.07, 6.45) is -0.570. The van der Waals surface area contributed by atoms with Crippen LogP contribution in [-0.2, 0) is 20.9 Å². The number of benzene rings is 1. The van der Waals surface area contributed by atoms with E-state index in [0.717, 1.165) is 5.56 Å². The zero-order chi connectivity index (χ0) is 15.8. The van der Waals surface area contributed by atoms with Crippen LogP contribution in [0.5, 0.6) is 0 Å². The van der Waals surface area contributed by atoms with Gasteiger partial charge in [-0.3, -0.25) is 9.59 Å². The number of nitrogens with one attached hydrogen (secondary N) is 1. The minimum Gasteiger partial charge on any atom is -0.481 e. The fourth-order valence-electron chi connectivity index (χ4n) is 1.81. The maximum atomic E-state index is 11.9. The number of hydrogen-bond donors (Lipinski definition) is 2. The molecule has 1 amide bonds. The summed E-state index contributed by atoms with van der Waals surface area (Å²) in [5.41, 5.74) is 0.823. The smallest absolute Gasteiger partial charge is 0.408 e. The van der Waals surface area contributed by atoms with Gasteiger partial charge in [0.05, 0.1) is 6.04 Å². The zero-order valence-corrected chi connectivity index (χ0v) is 12.0. The average molecular weight is 293 g/mol. The van der Waals surface area contributed by atoms with Gasteiger partial charge in [0.2, 0.25) is 0 Å². The van der Waals surface area contributed by atoms with E-state index in [-0.39, 0.29) is 13.0 Å². The van der Waals surface area contributed by atoms with Gasteiger partial charge >= 0.3 is 12.1 Å². The van der Waals surface area contributed by atoms with Gasteiger partial charge in [-0.2, -0.15) is 0 Å². The lowest BCUT2D eigenvalue weighted by atomic mass is 9.97. The number of carbonyl (C=O) groups excluding carboxylic acids is 2. The Morgan fingerprint density at radius 1 is 1.24 bits per heavy atom. The van der Waals surface area contributed by atoms with Gasteiger partial charge in [-0.15, -0.1) is 0 Å². The van der Waals surface area contributed by atoms with Crippen LogP contribution in [0.1, 0.15) is 25.8 Å². The number of amides is 1. The molecule has 2 N–H and O–H groups in total. The summed E-state index contributed by atoms with van der Waals surface area (Å²) < 4.78 is 4.97. The highest BCUT2D eigenvalue weighted by Crippen LogP contribution is 2.08. The van der Waals surface area contributed by atoms with Crippen LogP contribution in [0.25, 0.3) is 0 Å². The standard InChI is InChI=1S/C15H19NO5/c1-3-12(14(18)19)13(17)10(2)16-15(20)21-9-11-7-5-4-6-8-11/h4-8,10,12H,3,9H2,1-2H3,(H,16,20)(H,18,19). The minimum atomic E-state index is -1.19. The lowest BCUT2D eigenvalue weighted by molar-refractivity contribution is -0.146. The predicted octanol–water partition coefficient (Wildman–Crippen LogP) is 1.98. The van der Waals surface area contributed by atoms with E-state index in [1.165, 1.54) is 6.92 Å². The molecule has 0 heterocycles. The number of ether oxygens (including phenoxy) is 1. The van der Waals surface area contributed by atoms with Gasteiger partial charge in [-0.05, 0) is 18.9 Å². The lowest BCUT2D eigenvalue weighted by Gasteiger charge is -2.16. The summed E-state index contributed by atoms with van der Waals surface area (Å²) in [6, 6.07) is 8.19. The summed E-state index contributed by atoms with van der Waals surface area (Å²) in [5.74, 6) is -2.84. The third-order valence-corrected chi connectivity index (χ3v) is 3.02. The molecule has 2 unspecified atom stereocenters. The van der Waals surface area contributed by atoms with Crippen LogP contribution in [0, 0.1) is 5.92 Å². The zero-order valence-electron chi connectivity index (χ0n) is 12.0. The molecule has 114 valence electrons. The fourth-order valence-corrected chi connectivity index (χ4v) is 1.81. The number of carbonyl (C=O) groups is 3. The second kappa shape index (κ2) is 8.04. The summed E-state index contributed by atoms with van der Waals surface area (Å²) in [7, 11) is 0. The van der Waals surface area contributed by atoms with Crippen molar-refractivity contribution in [3.8, 4) is 0 Å². The molecule has 0 saturated heterocycles. The molecule has 0 aliphatic rings. The Hall–Kier alpha value is -2.37. The van der Waals surface area contributed by atoms with Crippen molar-refractivity contribution in [2.75, 3.05) is 0 Å². The van der Waals surface area contributed by atoms with Crippen LogP contribution in [0.2, 0.25) is 0 Å². The van der Waals surface area contributed by atoms with Crippen molar-refractivity contribution >= 4 is 17.8 Å². The normalized spacial score (nSPS) is 13.0. The van der Waals surface area contributed by atoms with Gasteiger partial charge in [0.1, 0.15) is 12.5 Å².